The number of morpholine rings is 1. The lowest BCUT2D eigenvalue weighted by Gasteiger charge is -2.37. The van der Waals surface area contributed by atoms with Gasteiger partial charge in [-0.3, -0.25) is 4.90 Å². The van der Waals surface area contributed by atoms with E-state index in [0.29, 0.717) is 6.42 Å². The Morgan fingerprint density at radius 3 is 2.75 bits per heavy atom. The van der Waals surface area contributed by atoms with Crippen molar-refractivity contribution in [3.8, 4) is 0 Å². The third-order valence-corrected chi connectivity index (χ3v) is 4.69. The average molecular weight is 306 g/mol. The molecule has 1 rings (SSSR count). The number of hydrogen-bond acceptors (Lipinski definition) is 5. The molecule has 1 heterocycles. The second-order valence-electron chi connectivity index (χ2n) is 5.65. The quantitative estimate of drug-likeness (QED) is 0.686. The number of nitrogens with one attached hydrogen (secondary N) is 1. The van der Waals surface area contributed by atoms with E-state index >= 15 is 0 Å². The Labute approximate surface area is 124 Å². The van der Waals surface area contributed by atoms with Crippen LogP contribution < -0.4 is 5.32 Å². The van der Waals surface area contributed by atoms with E-state index in [4.69, 9.17) is 4.74 Å². The van der Waals surface area contributed by atoms with Crippen molar-refractivity contribution in [2.24, 2.45) is 0 Å². The minimum absolute atomic E-state index is 0.176. The molecule has 0 aliphatic carbocycles. The molecule has 0 spiro atoms. The third-order valence-electron chi connectivity index (χ3n) is 3.66. The number of likely N-dealkylation sites (N-methyl/N-ethyl adjacent to an activating group) is 1. The van der Waals surface area contributed by atoms with Gasteiger partial charge in [-0.2, -0.15) is 0 Å². The maximum atomic E-state index is 11.2. The first kappa shape index (κ1) is 17.9. The highest BCUT2D eigenvalue weighted by Crippen LogP contribution is 2.14. The fourth-order valence-corrected chi connectivity index (χ4v) is 3.43. The van der Waals surface area contributed by atoms with Gasteiger partial charge in [0.1, 0.15) is 9.84 Å². The zero-order valence-electron chi connectivity index (χ0n) is 13.1. The average Bonchev–Trinajstić information content (AvgIpc) is 2.37. The highest BCUT2D eigenvalue weighted by Gasteiger charge is 2.27. The fourth-order valence-electron chi connectivity index (χ4n) is 2.74. The smallest absolute Gasteiger partial charge is 0.147 e. The molecule has 6 heteroatoms. The molecule has 0 aromatic carbocycles. The van der Waals surface area contributed by atoms with Gasteiger partial charge in [0.2, 0.25) is 0 Å². The first-order valence-electron chi connectivity index (χ1n) is 7.71. The van der Waals surface area contributed by atoms with Gasteiger partial charge in [0.05, 0.1) is 12.7 Å². The van der Waals surface area contributed by atoms with E-state index in [-0.39, 0.29) is 17.9 Å². The summed E-state index contributed by atoms with van der Waals surface area (Å²) in [4.78, 5) is 2.44. The Morgan fingerprint density at radius 1 is 1.40 bits per heavy atom. The van der Waals surface area contributed by atoms with Crippen LogP contribution in [0.2, 0.25) is 0 Å². The Morgan fingerprint density at radius 2 is 2.15 bits per heavy atom. The van der Waals surface area contributed by atoms with Crippen molar-refractivity contribution in [2.75, 3.05) is 44.8 Å². The second kappa shape index (κ2) is 8.97. The summed E-state index contributed by atoms with van der Waals surface area (Å²) < 4.78 is 28.3. The molecule has 2 atom stereocenters. The Balaban J connectivity index is 2.47. The molecule has 5 nitrogen and oxygen atoms in total. The van der Waals surface area contributed by atoms with E-state index in [1.54, 1.807) is 0 Å². The van der Waals surface area contributed by atoms with Gasteiger partial charge in [-0.1, -0.05) is 13.8 Å². The second-order valence-corrected chi connectivity index (χ2v) is 7.91. The minimum atomic E-state index is -2.86. The van der Waals surface area contributed by atoms with Crippen molar-refractivity contribution in [3.05, 3.63) is 0 Å². The minimum Gasteiger partial charge on any atom is -0.374 e. The largest absolute Gasteiger partial charge is 0.374 e. The molecular formula is C14H30N2O3S. The van der Waals surface area contributed by atoms with E-state index in [1.165, 1.54) is 6.26 Å². The van der Waals surface area contributed by atoms with E-state index in [9.17, 15) is 8.42 Å². The van der Waals surface area contributed by atoms with E-state index in [1.807, 2.05) is 0 Å². The van der Waals surface area contributed by atoms with Crippen LogP contribution in [0.3, 0.4) is 0 Å². The van der Waals surface area contributed by atoms with Gasteiger partial charge in [-0.25, -0.2) is 8.42 Å². The van der Waals surface area contributed by atoms with Gasteiger partial charge in [-0.15, -0.1) is 0 Å². The van der Waals surface area contributed by atoms with Gasteiger partial charge in [0, 0.05) is 31.1 Å². The lowest BCUT2D eigenvalue weighted by Crippen LogP contribution is -2.52. The lowest BCUT2D eigenvalue weighted by atomic mass is 10.0. The zero-order chi connectivity index (χ0) is 15.0. The standard InChI is InChI=1S/C14H30N2O3S/c1-4-8-16-9-10-19-14(12-16)13(15-5-2)7-6-11-20(3,17)18/h13-15H,4-12H2,1-3H3. The van der Waals surface area contributed by atoms with Crippen LogP contribution >= 0.6 is 0 Å². The first-order valence-corrected chi connectivity index (χ1v) is 9.77. The molecule has 0 amide bonds. The Bertz CT molecular complexity index is 357. The van der Waals surface area contributed by atoms with E-state index < -0.39 is 9.84 Å². The molecule has 0 aromatic heterocycles. The molecule has 1 aliphatic rings. The number of sulfone groups is 1. The van der Waals surface area contributed by atoms with Crippen molar-refractivity contribution in [3.63, 3.8) is 0 Å². The molecule has 1 fully saturated rings. The molecule has 1 N–H and O–H groups in total. The van der Waals surface area contributed by atoms with Crippen LogP contribution in [0.15, 0.2) is 0 Å². The van der Waals surface area contributed by atoms with E-state index in [2.05, 4.69) is 24.1 Å². The molecule has 1 aliphatic heterocycles. The summed E-state index contributed by atoms with van der Waals surface area (Å²) >= 11 is 0. The van der Waals surface area contributed by atoms with Crippen molar-refractivity contribution >= 4 is 9.84 Å². The summed E-state index contributed by atoms with van der Waals surface area (Å²) in [6, 6.07) is 0.251. The summed E-state index contributed by atoms with van der Waals surface area (Å²) in [6.45, 7) is 9.00. The summed E-state index contributed by atoms with van der Waals surface area (Å²) in [5.74, 6) is 0.264. The number of hydrogen-bond donors (Lipinski definition) is 1. The molecule has 0 radical (unpaired) electrons. The maximum absolute atomic E-state index is 11.2. The number of rotatable bonds is 9. The van der Waals surface area contributed by atoms with Crippen LogP contribution in [-0.4, -0.2) is 70.3 Å². The molecule has 20 heavy (non-hydrogen) atoms. The Kier molecular flexibility index (Phi) is 8.02. The van der Waals surface area contributed by atoms with Crippen molar-refractivity contribution in [1.82, 2.24) is 10.2 Å². The van der Waals surface area contributed by atoms with Gasteiger partial charge in [0.25, 0.3) is 0 Å². The summed E-state index contributed by atoms with van der Waals surface area (Å²) in [5.41, 5.74) is 0. The van der Waals surface area contributed by atoms with Gasteiger partial charge >= 0.3 is 0 Å². The molecule has 0 bridgehead atoms. The SMILES string of the molecule is CCCN1CCOC(C(CCCS(C)(=O)=O)NCC)C1. The highest BCUT2D eigenvalue weighted by molar-refractivity contribution is 7.90. The molecule has 1 saturated heterocycles. The van der Waals surface area contributed by atoms with Crippen LogP contribution in [-0.2, 0) is 14.6 Å². The van der Waals surface area contributed by atoms with Gasteiger partial charge in [-0.05, 0) is 32.4 Å². The van der Waals surface area contributed by atoms with E-state index in [0.717, 1.165) is 45.6 Å². The van der Waals surface area contributed by atoms with Gasteiger partial charge < -0.3 is 10.1 Å². The summed E-state index contributed by atoms with van der Waals surface area (Å²) in [6.07, 6.45) is 4.19. The maximum Gasteiger partial charge on any atom is 0.147 e. The molecule has 120 valence electrons. The summed E-state index contributed by atoms with van der Waals surface area (Å²) in [7, 11) is -2.86. The predicted molar refractivity (Wildman–Crippen MR) is 82.9 cm³/mol. The van der Waals surface area contributed by atoms with Crippen molar-refractivity contribution in [2.45, 2.75) is 45.3 Å². The zero-order valence-corrected chi connectivity index (χ0v) is 13.9. The van der Waals surface area contributed by atoms with Crippen LogP contribution in [0.5, 0.6) is 0 Å². The fraction of sp³-hybridized carbons (Fsp3) is 1.00. The molecular weight excluding hydrogens is 276 g/mol. The number of ether oxygens (including phenoxy) is 1. The monoisotopic (exact) mass is 306 g/mol. The Hall–Kier alpha value is -0.170. The van der Waals surface area contributed by atoms with Crippen molar-refractivity contribution in [1.29, 1.82) is 0 Å². The summed E-state index contributed by atoms with van der Waals surface area (Å²) in [5, 5.41) is 3.45. The highest BCUT2D eigenvalue weighted by atomic mass is 32.2. The molecule has 2 unspecified atom stereocenters. The van der Waals surface area contributed by atoms with Crippen LogP contribution in [0, 0.1) is 0 Å². The normalized spacial score (nSPS) is 22.9. The topological polar surface area (TPSA) is 58.6 Å². The van der Waals surface area contributed by atoms with Crippen LogP contribution in [0.1, 0.15) is 33.1 Å². The first-order chi connectivity index (χ1) is 9.46. The van der Waals surface area contributed by atoms with Crippen LogP contribution in [0.25, 0.3) is 0 Å². The van der Waals surface area contributed by atoms with Gasteiger partial charge in [0.15, 0.2) is 0 Å². The van der Waals surface area contributed by atoms with Crippen molar-refractivity contribution < 1.29 is 13.2 Å². The lowest BCUT2D eigenvalue weighted by molar-refractivity contribution is -0.0473. The number of nitrogens with zero attached hydrogens (tertiary/aromatic N) is 1. The predicted octanol–water partition coefficient (Wildman–Crippen LogP) is 0.900. The molecule has 0 aromatic rings. The van der Waals surface area contributed by atoms with Crippen LogP contribution in [0.4, 0.5) is 0 Å². The molecule has 0 saturated carbocycles. The third kappa shape index (κ3) is 7.02.